The van der Waals surface area contributed by atoms with Crippen LogP contribution in [0.15, 0.2) is 42.7 Å². The van der Waals surface area contributed by atoms with Crippen molar-refractivity contribution in [3.05, 3.63) is 48.3 Å². The molecule has 168 valence electrons. The number of anilines is 3. The Morgan fingerprint density at radius 3 is 2.67 bits per heavy atom. The molecule has 2 unspecified atom stereocenters. The quantitative estimate of drug-likeness (QED) is 0.603. The molecule has 33 heavy (non-hydrogen) atoms. The average Bonchev–Trinajstić information content (AvgIpc) is 3.37. The third kappa shape index (κ3) is 4.15. The van der Waals surface area contributed by atoms with Gasteiger partial charge in [-0.05, 0) is 43.1 Å². The van der Waals surface area contributed by atoms with Gasteiger partial charge in [-0.3, -0.25) is 0 Å². The number of urea groups is 1. The number of carbonyl (C=O) groups excluding carboxylic acids is 1. The highest BCUT2D eigenvalue weighted by Crippen LogP contribution is 2.35. The van der Waals surface area contributed by atoms with Gasteiger partial charge in [0.05, 0.1) is 18.3 Å². The minimum absolute atomic E-state index is 0.113. The maximum absolute atomic E-state index is 13.1. The summed E-state index contributed by atoms with van der Waals surface area (Å²) in [6.45, 7) is 3.64. The standard InChI is InChI=1S/C25H26N6O2/c1-4-16-6-5-7-19(8-16)28-24-20-9-22(23(33-3)10-21(20)26-15-27-24)29-25(32)31-13-17-11-30(2)12-18(17)14-31/h1,5-10,15,17-18H,11-14H2,2-3H3,(H,29,32)(H,26,27,28). The normalized spacial score (nSPS) is 19.8. The van der Waals surface area contributed by atoms with Gasteiger partial charge in [0.15, 0.2) is 0 Å². The number of rotatable bonds is 4. The van der Waals surface area contributed by atoms with Crippen LogP contribution in [0.3, 0.4) is 0 Å². The molecule has 2 aliphatic rings. The number of likely N-dealkylation sites (tertiary alicyclic amines) is 2. The molecule has 0 spiro atoms. The Morgan fingerprint density at radius 1 is 1.15 bits per heavy atom. The lowest BCUT2D eigenvalue weighted by Crippen LogP contribution is -2.35. The first-order chi connectivity index (χ1) is 16.0. The Balaban J connectivity index is 1.42. The number of fused-ring (bicyclic) bond motifs is 2. The number of nitrogens with one attached hydrogen (secondary N) is 2. The third-order valence-corrected chi connectivity index (χ3v) is 6.45. The van der Waals surface area contributed by atoms with E-state index < -0.39 is 0 Å². The molecule has 2 fully saturated rings. The van der Waals surface area contributed by atoms with Crippen LogP contribution in [0.2, 0.25) is 0 Å². The fourth-order valence-corrected chi connectivity index (χ4v) is 4.86. The van der Waals surface area contributed by atoms with Crippen LogP contribution < -0.4 is 15.4 Å². The van der Waals surface area contributed by atoms with Crippen molar-refractivity contribution in [2.75, 3.05) is 51.0 Å². The minimum atomic E-state index is -0.113. The summed E-state index contributed by atoms with van der Waals surface area (Å²) in [7, 11) is 3.72. The van der Waals surface area contributed by atoms with E-state index in [0.29, 0.717) is 34.6 Å². The molecule has 0 radical (unpaired) electrons. The Hall–Kier alpha value is -3.83. The van der Waals surface area contributed by atoms with Crippen LogP contribution in [-0.4, -0.2) is 66.1 Å². The molecule has 8 nitrogen and oxygen atoms in total. The molecule has 2 atom stereocenters. The summed E-state index contributed by atoms with van der Waals surface area (Å²) in [6.07, 6.45) is 7.02. The summed E-state index contributed by atoms with van der Waals surface area (Å²) in [5.74, 6) is 4.89. The molecule has 0 saturated carbocycles. The fourth-order valence-electron chi connectivity index (χ4n) is 4.86. The number of methoxy groups -OCH3 is 1. The molecular formula is C25H26N6O2. The van der Waals surface area contributed by atoms with E-state index in [1.807, 2.05) is 41.3 Å². The predicted molar refractivity (Wildman–Crippen MR) is 129 cm³/mol. The molecule has 3 aromatic rings. The summed E-state index contributed by atoms with van der Waals surface area (Å²) in [4.78, 5) is 26.1. The first-order valence-corrected chi connectivity index (χ1v) is 10.9. The van der Waals surface area contributed by atoms with Gasteiger partial charge in [0.1, 0.15) is 17.9 Å². The number of carbonyl (C=O) groups is 1. The van der Waals surface area contributed by atoms with Crippen LogP contribution in [0, 0.1) is 24.2 Å². The first-order valence-electron chi connectivity index (χ1n) is 10.9. The molecule has 2 aliphatic heterocycles. The number of ether oxygens (including phenoxy) is 1. The van der Waals surface area contributed by atoms with Gasteiger partial charge in [0.25, 0.3) is 0 Å². The molecular weight excluding hydrogens is 416 g/mol. The molecule has 2 saturated heterocycles. The number of terminal acetylenes is 1. The van der Waals surface area contributed by atoms with E-state index in [1.54, 1.807) is 7.11 Å². The highest BCUT2D eigenvalue weighted by atomic mass is 16.5. The zero-order valence-corrected chi connectivity index (χ0v) is 18.7. The number of benzene rings is 2. The molecule has 8 heteroatoms. The van der Waals surface area contributed by atoms with E-state index in [1.165, 1.54) is 6.33 Å². The second-order valence-corrected chi connectivity index (χ2v) is 8.72. The zero-order chi connectivity index (χ0) is 22.9. The molecule has 3 heterocycles. The van der Waals surface area contributed by atoms with Crippen LogP contribution in [0.1, 0.15) is 5.56 Å². The SMILES string of the molecule is C#Cc1cccc(Nc2ncnc3cc(OC)c(NC(=O)N4CC5CN(C)CC5C4)cc23)c1. The summed E-state index contributed by atoms with van der Waals surface area (Å²) in [6, 6.07) is 11.1. The van der Waals surface area contributed by atoms with E-state index in [2.05, 4.69) is 38.5 Å². The number of aromatic nitrogens is 2. The van der Waals surface area contributed by atoms with Crippen LogP contribution in [-0.2, 0) is 0 Å². The van der Waals surface area contributed by atoms with Crippen LogP contribution in [0.5, 0.6) is 5.75 Å². The Labute approximate surface area is 193 Å². The second kappa shape index (κ2) is 8.60. The van der Waals surface area contributed by atoms with Crippen molar-refractivity contribution >= 4 is 34.1 Å². The summed E-state index contributed by atoms with van der Waals surface area (Å²) >= 11 is 0. The molecule has 2 amide bonds. The maximum Gasteiger partial charge on any atom is 0.321 e. The van der Waals surface area contributed by atoms with E-state index in [4.69, 9.17) is 11.2 Å². The smallest absolute Gasteiger partial charge is 0.321 e. The van der Waals surface area contributed by atoms with E-state index in [-0.39, 0.29) is 6.03 Å². The van der Waals surface area contributed by atoms with E-state index in [0.717, 1.165) is 42.8 Å². The van der Waals surface area contributed by atoms with Gasteiger partial charge in [-0.15, -0.1) is 6.42 Å². The predicted octanol–water partition coefficient (Wildman–Crippen LogP) is 3.39. The fraction of sp³-hybridized carbons (Fsp3) is 0.320. The molecule has 2 N–H and O–H groups in total. The number of hydrogen-bond donors (Lipinski definition) is 2. The molecule has 0 aliphatic carbocycles. The van der Waals surface area contributed by atoms with Gasteiger partial charge in [-0.2, -0.15) is 0 Å². The van der Waals surface area contributed by atoms with Crippen LogP contribution >= 0.6 is 0 Å². The van der Waals surface area contributed by atoms with Gasteiger partial charge >= 0.3 is 6.03 Å². The number of amides is 2. The number of nitrogens with zero attached hydrogens (tertiary/aromatic N) is 4. The lowest BCUT2D eigenvalue weighted by atomic mass is 10.0. The topological polar surface area (TPSA) is 82.6 Å². The largest absolute Gasteiger partial charge is 0.494 e. The Morgan fingerprint density at radius 2 is 1.94 bits per heavy atom. The van der Waals surface area contributed by atoms with Crippen molar-refractivity contribution < 1.29 is 9.53 Å². The van der Waals surface area contributed by atoms with Crippen LogP contribution in [0.4, 0.5) is 22.0 Å². The molecule has 5 rings (SSSR count). The van der Waals surface area contributed by atoms with Gasteiger partial charge in [-0.25, -0.2) is 14.8 Å². The molecule has 0 bridgehead atoms. The maximum atomic E-state index is 13.1. The van der Waals surface area contributed by atoms with Gasteiger partial charge in [-0.1, -0.05) is 12.0 Å². The van der Waals surface area contributed by atoms with Crippen molar-refractivity contribution in [3.63, 3.8) is 0 Å². The van der Waals surface area contributed by atoms with Crippen molar-refractivity contribution in [3.8, 4) is 18.1 Å². The Kier molecular flexibility index (Phi) is 5.48. The summed E-state index contributed by atoms with van der Waals surface area (Å²) in [5.41, 5.74) is 2.88. The molecule has 1 aromatic heterocycles. The van der Waals surface area contributed by atoms with Crippen molar-refractivity contribution in [1.82, 2.24) is 19.8 Å². The van der Waals surface area contributed by atoms with Crippen LogP contribution in [0.25, 0.3) is 10.9 Å². The summed E-state index contributed by atoms with van der Waals surface area (Å²) < 4.78 is 5.55. The minimum Gasteiger partial charge on any atom is -0.494 e. The highest BCUT2D eigenvalue weighted by Gasteiger charge is 2.40. The van der Waals surface area contributed by atoms with Gasteiger partial charge < -0.3 is 25.2 Å². The van der Waals surface area contributed by atoms with Gasteiger partial charge in [0, 0.05) is 48.9 Å². The van der Waals surface area contributed by atoms with Crippen molar-refractivity contribution in [2.24, 2.45) is 11.8 Å². The van der Waals surface area contributed by atoms with Gasteiger partial charge in [0.2, 0.25) is 0 Å². The van der Waals surface area contributed by atoms with E-state index in [9.17, 15) is 4.79 Å². The lowest BCUT2D eigenvalue weighted by Gasteiger charge is -2.21. The first kappa shape index (κ1) is 21.0. The van der Waals surface area contributed by atoms with Crippen molar-refractivity contribution in [2.45, 2.75) is 0 Å². The third-order valence-electron chi connectivity index (χ3n) is 6.45. The monoisotopic (exact) mass is 442 g/mol. The van der Waals surface area contributed by atoms with Crippen molar-refractivity contribution in [1.29, 1.82) is 0 Å². The lowest BCUT2D eigenvalue weighted by molar-refractivity contribution is 0.215. The van der Waals surface area contributed by atoms with E-state index >= 15 is 0 Å². The second-order valence-electron chi connectivity index (χ2n) is 8.72. The molecule has 2 aromatic carbocycles. The average molecular weight is 443 g/mol. The Bertz CT molecular complexity index is 1240. The highest BCUT2D eigenvalue weighted by molar-refractivity contribution is 5.99. The number of hydrogen-bond acceptors (Lipinski definition) is 6. The zero-order valence-electron chi connectivity index (χ0n) is 18.7. The summed E-state index contributed by atoms with van der Waals surface area (Å²) in [5, 5.41) is 7.12.